The summed E-state index contributed by atoms with van der Waals surface area (Å²) in [6.07, 6.45) is -1.98. The van der Waals surface area contributed by atoms with Gasteiger partial charge in [0.15, 0.2) is 5.12 Å². The maximum Gasteiger partial charge on any atom is 0.185 e. The highest BCUT2D eigenvalue weighted by Gasteiger charge is 2.20. The number of aliphatic hydroxyl groups is 2. The Morgan fingerprint density at radius 2 is 2.06 bits per heavy atom. The van der Waals surface area contributed by atoms with Gasteiger partial charge in [0.25, 0.3) is 0 Å². The number of rotatable bonds is 4. The van der Waals surface area contributed by atoms with Crippen molar-refractivity contribution >= 4 is 29.5 Å². The molecule has 88 valence electrons. The standard InChI is InChI=1S/C11H14O3S2/c1-7(12)16-6-9(13)11(14)8-4-2-3-5-10(8)15/h2-5,9,11,13-15H,6H2,1H3. The predicted molar refractivity (Wildman–Crippen MR) is 67.8 cm³/mol. The van der Waals surface area contributed by atoms with E-state index < -0.39 is 12.2 Å². The zero-order chi connectivity index (χ0) is 12.1. The van der Waals surface area contributed by atoms with Crippen LogP contribution >= 0.6 is 24.4 Å². The first-order valence-electron chi connectivity index (χ1n) is 4.79. The number of carbonyl (C=O) groups excluding carboxylic acids is 1. The molecule has 2 atom stereocenters. The highest BCUT2D eigenvalue weighted by Crippen LogP contribution is 2.25. The minimum atomic E-state index is -1.01. The van der Waals surface area contributed by atoms with E-state index in [0.29, 0.717) is 10.5 Å². The van der Waals surface area contributed by atoms with Crippen molar-refractivity contribution in [1.82, 2.24) is 0 Å². The molecule has 1 aromatic rings. The molecule has 0 aromatic heterocycles. The van der Waals surface area contributed by atoms with Gasteiger partial charge in [0.1, 0.15) is 6.10 Å². The van der Waals surface area contributed by atoms with Crippen LogP contribution in [0.4, 0.5) is 0 Å². The van der Waals surface area contributed by atoms with Gasteiger partial charge in [-0.1, -0.05) is 30.0 Å². The van der Waals surface area contributed by atoms with Gasteiger partial charge < -0.3 is 10.2 Å². The second kappa shape index (κ2) is 6.30. The molecule has 0 heterocycles. The Morgan fingerprint density at radius 1 is 1.44 bits per heavy atom. The molecule has 0 fully saturated rings. The summed E-state index contributed by atoms with van der Waals surface area (Å²) in [4.78, 5) is 11.4. The van der Waals surface area contributed by atoms with E-state index in [1.807, 2.05) is 0 Å². The monoisotopic (exact) mass is 258 g/mol. The van der Waals surface area contributed by atoms with Crippen LogP contribution in [0.15, 0.2) is 29.2 Å². The lowest BCUT2D eigenvalue weighted by Gasteiger charge is -2.18. The van der Waals surface area contributed by atoms with Crippen molar-refractivity contribution in [2.75, 3.05) is 5.75 Å². The minimum absolute atomic E-state index is 0.0783. The third-order valence-corrected chi connectivity index (χ3v) is 3.40. The summed E-state index contributed by atoms with van der Waals surface area (Å²) in [6.45, 7) is 1.43. The molecule has 0 aliphatic heterocycles. The SMILES string of the molecule is CC(=O)SCC(O)C(O)c1ccccc1S. The molecular weight excluding hydrogens is 244 g/mol. The average molecular weight is 258 g/mol. The first-order valence-corrected chi connectivity index (χ1v) is 6.23. The number of thioether (sulfide) groups is 1. The minimum Gasteiger partial charge on any atom is -0.389 e. The van der Waals surface area contributed by atoms with Crippen molar-refractivity contribution in [2.45, 2.75) is 24.0 Å². The third-order valence-electron chi connectivity index (χ3n) is 2.08. The highest BCUT2D eigenvalue weighted by molar-refractivity contribution is 8.13. The molecule has 2 unspecified atom stereocenters. The van der Waals surface area contributed by atoms with E-state index in [1.165, 1.54) is 6.92 Å². The number of thiol groups is 1. The van der Waals surface area contributed by atoms with Crippen molar-refractivity contribution in [3.05, 3.63) is 29.8 Å². The molecule has 0 amide bonds. The zero-order valence-electron chi connectivity index (χ0n) is 8.83. The Labute approximate surface area is 104 Å². The fraction of sp³-hybridized carbons (Fsp3) is 0.364. The number of benzene rings is 1. The molecule has 0 aliphatic rings. The van der Waals surface area contributed by atoms with Crippen molar-refractivity contribution < 1.29 is 15.0 Å². The van der Waals surface area contributed by atoms with Crippen LogP contribution in [0.5, 0.6) is 0 Å². The van der Waals surface area contributed by atoms with Crippen molar-refractivity contribution in [1.29, 1.82) is 0 Å². The molecule has 0 bridgehead atoms. The average Bonchev–Trinajstić information content (AvgIpc) is 2.25. The molecule has 0 saturated carbocycles. The van der Waals surface area contributed by atoms with Gasteiger partial charge in [0, 0.05) is 17.6 Å². The molecular formula is C11H14O3S2. The quantitative estimate of drug-likeness (QED) is 0.719. The summed E-state index contributed by atoms with van der Waals surface area (Å²) >= 11 is 5.19. The molecule has 5 heteroatoms. The van der Waals surface area contributed by atoms with Gasteiger partial charge in [0.05, 0.1) is 6.10 Å². The van der Waals surface area contributed by atoms with Gasteiger partial charge >= 0.3 is 0 Å². The summed E-state index contributed by atoms with van der Waals surface area (Å²) in [7, 11) is 0. The second-order valence-electron chi connectivity index (χ2n) is 3.37. The van der Waals surface area contributed by atoms with E-state index in [9.17, 15) is 15.0 Å². The number of aliphatic hydroxyl groups excluding tert-OH is 2. The van der Waals surface area contributed by atoms with Crippen LogP contribution < -0.4 is 0 Å². The topological polar surface area (TPSA) is 57.5 Å². The Kier molecular flexibility index (Phi) is 5.34. The first-order chi connectivity index (χ1) is 7.52. The maximum absolute atomic E-state index is 10.7. The van der Waals surface area contributed by atoms with Crippen molar-refractivity contribution in [3.8, 4) is 0 Å². The van der Waals surface area contributed by atoms with E-state index >= 15 is 0 Å². The smallest absolute Gasteiger partial charge is 0.185 e. The highest BCUT2D eigenvalue weighted by atomic mass is 32.2. The summed E-state index contributed by atoms with van der Waals surface area (Å²) in [5.41, 5.74) is 0.572. The zero-order valence-corrected chi connectivity index (χ0v) is 10.5. The van der Waals surface area contributed by atoms with Gasteiger partial charge in [-0.15, -0.1) is 12.6 Å². The van der Waals surface area contributed by atoms with Gasteiger partial charge in [-0.3, -0.25) is 4.79 Å². The van der Waals surface area contributed by atoms with Gasteiger partial charge in [-0.2, -0.15) is 0 Å². The van der Waals surface area contributed by atoms with Crippen LogP contribution in [0, 0.1) is 0 Å². The van der Waals surface area contributed by atoms with E-state index in [-0.39, 0.29) is 10.9 Å². The van der Waals surface area contributed by atoms with Gasteiger partial charge in [-0.05, 0) is 11.6 Å². The Bertz CT molecular complexity index is 368. The molecule has 3 nitrogen and oxygen atoms in total. The maximum atomic E-state index is 10.7. The molecule has 1 aromatic carbocycles. The Balaban J connectivity index is 2.66. The Morgan fingerprint density at radius 3 is 2.62 bits per heavy atom. The summed E-state index contributed by atoms with van der Waals surface area (Å²) in [5.74, 6) is 0.179. The van der Waals surface area contributed by atoms with Crippen LogP contribution in [-0.4, -0.2) is 27.2 Å². The lowest BCUT2D eigenvalue weighted by molar-refractivity contribution is -0.109. The lowest BCUT2D eigenvalue weighted by Crippen LogP contribution is -2.21. The van der Waals surface area contributed by atoms with E-state index in [4.69, 9.17) is 0 Å². The van der Waals surface area contributed by atoms with Crippen molar-refractivity contribution in [3.63, 3.8) is 0 Å². The molecule has 1 rings (SSSR count). The summed E-state index contributed by atoms with van der Waals surface area (Å²) < 4.78 is 0. The third kappa shape index (κ3) is 3.83. The molecule has 16 heavy (non-hydrogen) atoms. The fourth-order valence-electron chi connectivity index (χ4n) is 1.24. The van der Waals surface area contributed by atoms with Crippen LogP contribution in [0.25, 0.3) is 0 Å². The second-order valence-corrected chi connectivity index (χ2v) is 5.05. The number of hydrogen-bond donors (Lipinski definition) is 3. The fourth-order valence-corrected chi connectivity index (χ4v) is 2.12. The van der Waals surface area contributed by atoms with Gasteiger partial charge in [0.2, 0.25) is 0 Å². The lowest BCUT2D eigenvalue weighted by atomic mass is 10.1. The van der Waals surface area contributed by atoms with Crippen molar-refractivity contribution in [2.24, 2.45) is 0 Å². The van der Waals surface area contributed by atoms with E-state index in [0.717, 1.165) is 11.8 Å². The Hall–Kier alpha value is -0.490. The van der Waals surface area contributed by atoms with E-state index in [2.05, 4.69) is 12.6 Å². The van der Waals surface area contributed by atoms with Crippen LogP contribution in [0.1, 0.15) is 18.6 Å². The van der Waals surface area contributed by atoms with Crippen LogP contribution in [-0.2, 0) is 4.79 Å². The molecule has 0 radical (unpaired) electrons. The van der Waals surface area contributed by atoms with Crippen LogP contribution in [0.2, 0.25) is 0 Å². The normalized spacial score (nSPS) is 14.5. The molecule has 0 spiro atoms. The molecule has 0 aliphatic carbocycles. The summed E-state index contributed by atoms with van der Waals surface area (Å²) in [6, 6.07) is 7.01. The number of hydrogen-bond acceptors (Lipinski definition) is 5. The largest absolute Gasteiger partial charge is 0.389 e. The number of carbonyl (C=O) groups is 1. The molecule has 2 N–H and O–H groups in total. The summed E-state index contributed by atoms with van der Waals surface area (Å²) in [5, 5.41) is 19.5. The first kappa shape index (κ1) is 13.6. The van der Waals surface area contributed by atoms with Gasteiger partial charge in [-0.25, -0.2) is 0 Å². The molecule has 0 saturated heterocycles. The van der Waals surface area contributed by atoms with Crippen LogP contribution in [0.3, 0.4) is 0 Å². The van der Waals surface area contributed by atoms with E-state index in [1.54, 1.807) is 24.3 Å². The predicted octanol–water partition coefficient (Wildman–Crippen LogP) is 1.65.